The van der Waals surface area contributed by atoms with E-state index < -0.39 is 0 Å². The zero-order valence-corrected chi connectivity index (χ0v) is 7.88. The predicted octanol–water partition coefficient (Wildman–Crippen LogP) is 0.679. The number of hydrogen-bond acceptors (Lipinski definition) is 2. The van der Waals surface area contributed by atoms with Crippen LogP contribution in [0.2, 0.25) is 0 Å². The molecule has 0 spiro atoms. The van der Waals surface area contributed by atoms with Crippen LogP contribution in [-0.4, -0.2) is 24.2 Å². The molecule has 0 saturated heterocycles. The van der Waals surface area contributed by atoms with Gasteiger partial charge < -0.3 is 10.4 Å². The van der Waals surface area contributed by atoms with Gasteiger partial charge in [0.15, 0.2) is 0 Å². The van der Waals surface area contributed by atoms with Gasteiger partial charge in [-0.25, -0.2) is 0 Å². The van der Waals surface area contributed by atoms with E-state index in [-0.39, 0.29) is 18.9 Å². The van der Waals surface area contributed by atoms with E-state index >= 15 is 0 Å². The summed E-state index contributed by atoms with van der Waals surface area (Å²) in [6.45, 7) is 0.940. The topological polar surface area (TPSA) is 49.3 Å². The Labute approximate surface area is 79.5 Å². The lowest BCUT2D eigenvalue weighted by atomic mass is 10.2. The first-order valence-electron chi connectivity index (χ1n) is 4.62. The summed E-state index contributed by atoms with van der Waals surface area (Å²) in [4.78, 5) is 10.8. The molecule has 3 heteroatoms. The third kappa shape index (κ3) is 8.90. The number of aliphatic hydroxyl groups excluding tert-OH is 1. The van der Waals surface area contributed by atoms with Crippen molar-refractivity contribution in [2.24, 2.45) is 0 Å². The van der Waals surface area contributed by atoms with Crippen LogP contribution >= 0.6 is 0 Å². The summed E-state index contributed by atoms with van der Waals surface area (Å²) in [5, 5.41) is 11.2. The summed E-state index contributed by atoms with van der Waals surface area (Å²) < 4.78 is 0. The van der Waals surface area contributed by atoms with Gasteiger partial charge in [-0.3, -0.25) is 4.79 Å². The first-order valence-corrected chi connectivity index (χ1v) is 4.62. The van der Waals surface area contributed by atoms with Gasteiger partial charge in [-0.1, -0.05) is 18.8 Å². The van der Waals surface area contributed by atoms with Gasteiger partial charge in [0.2, 0.25) is 5.91 Å². The number of aliphatic hydroxyl groups is 1. The average Bonchev–Trinajstić information content (AvgIpc) is 2.11. The van der Waals surface area contributed by atoms with Crippen LogP contribution in [0.25, 0.3) is 0 Å². The molecule has 2 N–H and O–H groups in total. The zero-order chi connectivity index (χ0) is 9.94. The summed E-state index contributed by atoms with van der Waals surface area (Å²) in [5.41, 5.74) is 0. The Balaban J connectivity index is 3.08. The van der Waals surface area contributed by atoms with E-state index in [4.69, 9.17) is 11.5 Å². The smallest absolute Gasteiger partial charge is 0.232 e. The maximum Gasteiger partial charge on any atom is 0.232 e. The van der Waals surface area contributed by atoms with Gasteiger partial charge in [0.25, 0.3) is 0 Å². The molecule has 3 nitrogen and oxygen atoms in total. The maximum absolute atomic E-state index is 10.8. The van der Waals surface area contributed by atoms with E-state index in [0.717, 1.165) is 25.7 Å². The Morgan fingerprint density at radius 3 is 2.62 bits per heavy atom. The van der Waals surface area contributed by atoms with Crippen molar-refractivity contribution in [1.29, 1.82) is 0 Å². The quantitative estimate of drug-likeness (QED) is 0.450. The number of unbranched alkanes of at least 4 members (excludes halogenated alkanes) is 3. The van der Waals surface area contributed by atoms with Crippen molar-refractivity contribution < 1.29 is 9.90 Å². The zero-order valence-electron chi connectivity index (χ0n) is 7.88. The number of terminal acetylenes is 1. The molecule has 0 rings (SSSR count). The molecule has 0 aromatic rings. The van der Waals surface area contributed by atoms with Crippen molar-refractivity contribution in [3.05, 3.63) is 0 Å². The molecule has 0 aromatic carbocycles. The third-order valence-corrected chi connectivity index (χ3v) is 1.67. The molecule has 0 radical (unpaired) electrons. The van der Waals surface area contributed by atoms with E-state index in [9.17, 15) is 4.79 Å². The molecule has 0 unspecified atom stereocenters. The standard InChI is InChI=1S/C10H17NO2/c1-2-7-10(13)11-8-5-3-4-6-9-12/h1,12H,3-9H2,(H,11,13). The lowest BCUT2D eigenvalue weighted by Gasteiger charge is -2.01. The Hall–Kier alpha value is -1.01. The van der Waals surface area contributed by atoms with E-state index in [1.807, 2.05) is 0 Å². The molecule has 0 aliphatic rings. The fourth-order valence-corrected chi connectivity index (χ4v) is 0.973. The fourth-order valence-electron chi connectivity index (χ4n) is 0.973. The van der Waals surface area contributed by atoms with Gasteiger partial charge in [-0.2, -0.15) is 0 Å². The molecule has 0 aliphatic heterocycles. The van der Waals surface area contributed by atoms with Crippen LogP contribution < -0.4 is 5.32 Å². The molecule has 13 heavy (non-hydrogen) atoms. The van der Waals surface area contributed by atoms with Gasteiger partial charge in [0.05, 0.1) is 6.42 Å². The number of nitrogens with one attached hydrogen (secondary N) is 1. The first kappa shape index (κ1) is 12.0. The summed E-state index contributed by atoms with van der Waals surface area (Å²) in [5.74, 6) is 2.20. The highest BCUT2D eigenvalue weighted by Crippen LogP contribution is 1.97. The van der Waals surface area contributed by atoms with Gasteiger partial charge in [-0.05, 0) is 12.8 Å². The van der Waals surface area contributed by atoms with Crippen LogP contribution in [-0.2, 0) is 4.79 Å². The predicted molar refractivity (Wildman–Crippen MR) is 52.0 cm³/mol. The molecule has 0 aromatic heterocycles. The van der Waals surface area contributed by atoms with Gasteiger partial charge in [0, 0.05) is 13.2 Å². The van der Waals surface area contributed by atoms with Crippen molar-refractivity contribution in [3.8, 4) is 12.3 Å². The van der Waals surface area contributed by atoms with Crippen LogP contribution in [0.3, 0.4) is 0 Å². The van der Waals surface area contributed by atoms with Crippen LogP contribution in [0.4, 0.5) is 0 Å². The monoisotopic (exact) mass is 183 g/mol. The number of carbonyl (C=O) groups is 1. The first-order chi connectivity index (χ1) is 6.31. The molecule has 0 fully saturated rings. The van der Waals surface area contributed by atoms with Crippen LogP contribution in [0, 0.1) is 12.3 Å². The highest BCUT2D eigenvalue weighted by Gasteiger charge is 1.95. The second-order valence-corrected chi connectivity index (χ2v) is 2.87. The van der Waals surface area contributed by atoms with Gasteiger partial charge in [0.1, 0.15) is 0 Å². The molecule has 0 aliphatic carbocycles. The lowest BCUT2D eigenvalue weighted by molar-refractivity contribution is -0.120. The maximum atomic E-state index is 10.8. The number of rotatable bonds is 7. The number of carbonyl (C=O) groups excluding carboxylic acids is 1. The summed E-state index contributed by atoms with van der Waals surface area (Å²) in [6.07, 6.45) is 8.98. The number of hydrogen-bond donors (Lipinski definition) is 2. The molecule has 0 atom stereocenters. The second-order valence-electron chi connectivity index (χ2n) is 2.87. The summed E-state index contributed by atoms with van der Waals surface area (Å²) in [6, 6.07) is 0. The van der Waals surface area contributed by atoms with Gasteiger partial charge >= 0.3 is 0 Å². The number of amides is 1. The molecule has 0 heterocycles. The molecule has 1 amide bonds. The van der Waals surface area contributed by atoms with Crippen molar-refractivity contribution in [2.45, 2.75) is 32.1 Å². The highest BCUT2D eigenvalue weighted by molar-refractivity contribution is 5.78. The fraction of sp³-hybridized carbons (Fsp3) is 0.700. The molecular formula is C10H17NO2. The van der Waals surface area contributed by atoms with Crippen molar-refractivity contribution in [2.75, 3.05) is 13.2 Å². The van der Waals surface area contributed by atoms with Crippen molar-refractivity contribution >= 4 is 5.91 Å². The third-order valence-electron chi connectivity index (χ3n) is 1.67. The lowest BCUT2D eigenvalue weighted by Crippen LogP contribution is -2.23. The summed E-state index contributed by atoms with van der Waals surface area (Å²) >= 11 is 0. The Kier molecular flexibility index (Phi) is 8.38. The van der Waals surface area contributed by atoms with E-state index in [1.165, 1.54) is 0 Å². The Morgan fingerprint density at radius 2 is 2.00 bits per heavy atom. The Morgan fingerprint density at radius 1 is 1.31 bits per heavy atom. The Bertz CT molecular complexity index is 172. The van der Waals surface area contributed by atoms with Crippen LogP contribution in [0.5, 0.6) is 0 Å². The van der Waals surface area contributed by atoms with Crippen molar-refractivity contribution in [1.82, 2.24) is 5.32 Å². The van der Waals surface area contributed by atoms with Crippen LogP contribution in [0.15, 0.2) is 0 Å². The molecule has 0 saturated carbocycles. The largest absolute Gasteiger partial charge is 0.396 e. The van der Waals surface area contributed by atoms with Gasteiger partial charge in [-0.15, -0.1) is 6.42 Å². The second kappa shape index (κ2) is 9.08. The van der Waals surface area contributed by atoms with Crippen molar-refractivity contribution in [3.63, 3.8) is 0 Å². The molecule has 74 valence electrons. The highest BCUT2D eigenvalue weighted by atomic mass is 16.2. The minimum atomic E-state index is -0.0790. The van der Waals surface area contributed by atoms with E-state index in [1.54, 1.807) is 0 Å². The minimum absolute atomic E-state index is 0.0790. The van der Waals surface area contributed by atoms with E-state index in [0.29, 0.717) is 6.54 Å². The average molecular weight is 183 g/mol. The van der Waals surface area contributed by atoms with E-state index in [2.05, 4.69) is 11.2 Å². The normalized spacial score (nSPS) is 9.23. The SMILES string of the molecule is C#CCC(=O)NCCCCCCO. The molecular weight excluding hydrogens is 166 g/mol. The molecule has 0 bridgehead atoms. The minimum Gasteiger partial charge on any atom is -0.396 e. The summed E-state index contributed by atoms with van der Waals surface area (Å²) in [7, 11) is 0. The van der Waals surface area contributed by atoms with Crippen LogP contribution in [0.1, 0.15) is 32.1 Å².